The maximum Gasteiger partial charge on any atom is 0.240 e. The van der Waals surface area contributed by atoms with Crippen molar-refractivity contribution in [2.75, 3.05) is 20.1 Å². The number of halogens is 2. The molecule has 0 saturated carbocycles. The summed E-state index contributed by atoms with van der Waals surface area (Å²) < 4.78 is 40.0. The summed E-state index contributed by atoms with van der Waals surface area (Å²) in [6.45, 7) is 1.56. The summed E-state index contributed by atoms with van der Waals surface area (Å²) in [4.78, 5) is 10.00. The smallest absolute Gasteiger partial charge is 0.240 e. The SMILES string of the molecule is CNS(=O)(=O)c1ccc(C=CN2CC=C(c3c[nH]c(-c4ccc(F)c(Cl)c4)c3-c3ccncc3)CC2)cc1. The van der Waals surface area contributed by atoms with E-state index >= 15 is 0 Å². The first-order valence-corrected chi connectivity index (χ1v) is 13.9. The van der Waals surface area contributed by atoms with Gasteiger partial charge in [-0.05, 0) is 84.9 Å². The lowest BCUT2D eigenvalue weighted by atomic mass is 9.92. The van der Waals surface area contributed by atoms with Crippen LogP contribution in [0.5, 0.6) is 0 Å². The molecule has 0 atom stereocenters. The summed E-state index contributed by atoms with van der Waals surface area (Å²) in [5.41, 5.74) is 6.96. The molecule has 3 heterocycles. The van der Waals surface area contributed by atoms with Gasteiger partial charge in [0.1, 0.15) is 5.82 Å². The monoisotopic (exact) mass is 548 g/mol. The average Bonchev–Trinajstić information content (AvgIpc) is 3.39. The van der Waals surface area contributed by atoms with Crippen molar-refractivity contribution in [1.29, 1.82) is 0 Å². The number of sulfonamides is 1. The van der Waals surface area contributed by atoms with Gasteiger partial charge in [-0.3, -0.25) is 4.98 Å². The fraction of sp³-hybridized carbons (Fsp3) is 0.138. The predicted molar refractivity (Wildman–Crippen MR) is 150 cm³/mol. The molecular formula is C29H26ClFN4O2S. The van der Waals surface area contributed by atoms with Gasteiger partial charge >= 0.3 is 0 Å². The highest BCUT2D eigenvalue weighted by Gasteiger charge is 2.20. The van der Waals surface area contributed by atoms with Crippen molar-refractivity contribution in [1.82, 2.24) is 19.6 Å². The van der Waals surface area contributed by atoms with E-state index in [0.29, 0.717) is 0 Å². The zero-order chi connectivity index (χ0) is 26.7. The quantitative estimate of drug-likeness (QED) is 0.288. The lowest BCUT2D eigenvalue weighted by Gasteiger charge is -2.25. The summed E-state index contributed by atoms with van der Waals surface area (Å²) in [6.07, 6.45) is 12.6. The number of hydrogen-bond acceptors (Lipinski definition) is 4. The molecule has 0 unspecified atom stereocenters. The highest BCUT2D eigenvalue weighted by atomic mass is 35.5. The van der Waals surface area contributed by atoms with E-state index in [0.717, 1.165) is 53.0 Å². The minimum absolute atomic E-state index is 0.0805. The molecule has 2 aromatic heterocycles. The van der Waals surface area contributed by atoms with Gasteiger partial charge in [-0.25, -0.2) is 17.5 Å². The van der Waals surface area contributed by atoms with Crippen molar-refractivity contribution in [3.8, 4) is 22.4 Å². The number of H-pyrrole nitrogens is 1. The second-order valence-electron chi connectivity index (χ2n) is 8.88. The Labute approximate surface area is 226 Å². The molecule has 1 aliphatic heterocycles. The minimum atomic E-state index is -3.45. The second kappa shape index (κ2) is 10.9. The number of hydrogen-bond donors (Lipinski definition) is 2. The van der Waals surface area contributed by atoms with E-state index in [9.17, 15) is 12.8 Å². The Morgan fingerprint density at radius 3 is 2.50 bits per heavy atom. The van der Waals surface area contributed by atoms with Gasteiger partial charge in [-0.1, -0.05) is 29.8 Å². The summed E-state index contributed by atoms with van der Waals surface area (Å²) in [6, 6.07) is 15.4. The first kappa shape index (κ1) is 25.9. The Morgan fingerprint density at radius 2 is 1.84 bits per heavy atom. The Hall–Kier alpha value is -3.72. The van der Waals surface area contributed by atoms with Crippen LogP contribution in [-0.4, -0.2) is 43.4 Å². The molecule has 2 aromatic carbocycles. The summed E-state index contributed by atoms with van der Waals surface area (Å²) in [5.74, 6) is -0.449. The lowest BCUT2D eigenvalue weighted by Crippen LogP contribution is -2.22. The van der Waals surface area contributed by atoms with Crippen LogP contribution >= 0.6 is 11.6 Å². The molecule has 0 bridgehead atoms. The van der Waals surface area contributed by atoms with Gasteiger partial charge in [-0.2, -0.15) is 0 Å². The fourth-order valence-corrected chi connectivity index (χ4v) is 5.42. The Bertz CT molecular complexity index is 1610. The molecule has 4 aromatic rings. The van der Waals surface area contributed by atoms with Crippen molar-refractivity contribution in [2.24, 2.45) is 0 Å². The third-order valence-electron chi connectivity index (χ3n) is 6.58. The summed E-state index contributed by atoms with van der Waals surface area (Å²) >= 11 is 6.09. The third-order valence-corrected chi connectivity index (χ3v) is 8.30. The molecule has 38 heavy (non-hydrogen) atoms. The molecule has 6 nitrogen and oxygen atoms in total. The van der Waals surface area contributed by atoms with Crippen LogP contribution in [0.4, 0.5) is 4.39 Å². The van der Waals surface area contributed by atoms with Crippen molar-refractivity contribution >= 4 is 33.3 Å². The van der Waals surface area contributed by atoms with Gasteiger partial charge in [-0.15, -0.1) is 0 Å². The van der Waals surface area contributed by atoms with Gasteiger partial charge in [0, 0.05) is 48.4 Å². The van der Waals surface area contributed by atoms with Crippen LogP contribution in [0.2, 0.25) is 5.02 Å². The first-order chi connectivity index (χ1) is 18.4. The maximum absolute atomic E-state index is 13.8. The molecule has 0 radical (unpaired) electrons. The van der Waals surface area contributed by atoms with Crippen LogP contribution in [-0.2, 0) is 10.0 Å². The normalized spacial score (nSPS) is 14.2. The van der Waals surface area contributed by atoms with Crippen molar-refractivity contribution in [3.05, 3.63) is 107 Å². The Balaban J connectivity index is 1.39. The molecule has 2 N–H and O–H groups in total. The van der Waals surface area contributed by atoms with E-state index < -0.39 is 15.8 Å². The molecule has 0 fully saturated rings. The van der Waals surface area contributed by atoms with Gasteiger partial charge in [0.05, 0.1) is 15.6 Å². The number of benzene rings is 2. The van der Waals surface area contributed by atoms with Crippen LogP contribution in [0.25, 0.3) is 34.0 Å². The standard InChI is InChI=1S/C29H26ClFN4O2S/c1-32-38(36,37)24-5-2-20(3-6-24)10-15-35-16-11-21(12-17-35)25-19-34-29(23-4-7-27(31)26(30)18-23)28(25)22-8-13-33-14-9-22/h2-11,13-15,18-19,32,34H,12,16-17H2,1H3. The lowest BCUT2D eigenvalue weighted by molar-refractivity contribution is 0.416. The van der Waals surface area contributed by atoms with E-state index in [1.165, 1.54) is 18.7 Å². The van der Waals surface area contributed by atoms with Crippen molar-refractivity contribution in [2.45, 2.75) is 11.3 Å². The number of pyridine rings is 1. The number of nitrogens with one attached hydrogen (secondary N) is 2. The Kier molecular flexibility index (Phi) is 7.46. The molecular weight excluding hydrogens is 523 g/mol. The van der Waals surface area contributed by atoms with Gasteiger partial charge in [0.15, 0.2) is 0 Å². The number of nitrogens with zero attached hydrogens (tertiary/aromatic N) is 2. The number of aromatic amines is 1. The highest BCUT2D eigenvalue weighted by Crippen LogP contribution is 2.40. The van der Waals surface area contributed by atoms with Crippen LogP contribution in [0.1, 0.15) is 17.5 Å². The number of rotatable bonds is 7. The average molecular weight is 549 g/mol. The van der Waals surface area contributed by atoms with E-state index in [1.807, 2.05) is 30.6 Å². The highest BCUT2D eigenvalue weighted by molar-refractivity contribution is 7.89. The first-order valence-electron chi connectivity index (χ1n) is 12.1. The van der Waals surface area contributed by atoms with E-state index in [4.69, 9.17) is 11.6 Å². The van der Waals surface area contributed by atoms with Crippen LogP contribution in [0.3, 0.4) is 0 Å². The molecule has 0 amide bonds. The fourth-order valence-electron chi connectivity index (χ4n) is 4.51. The predicted octanol–water partition coefficient (Wildman–Crippen LogP) is 6.20. The van der Waals surface area contributed by atoms with Crippen molar-refractivity contribution in [3.63, 3.8) is 0 Å². The second-order valence-corrected chi connectivity index (χ2v) is 11.2. The zero-order valence-corrected chi connectivity index (χ0v) is 22.2. The van der Waals surface area contributed by atoms with E-state index in [1.54, 1.807) is 48.8 Å². The third kappa shape index (κ3) is 5.43. The van der Waals surface area contributed by atoms with Gasteiger partial charge < -0.3 is 9.88 Å². The van der Waals surface area contributed by atoms with E-state index in [-0.39, 0.29) is 9.92 Å². The molecule has 194 valence electrons. The molecule has 0 aliphatic carbocycles. The Morgan fingerprint density at radius 1 is 1.08 bits per heavy atom. The van der Waals surface area contributed by atoms with Crippen LogP contribution in [0.15, 0.2) is 90.4 Å². The maximum atomic E-state index is 13.8. The number of aromatic nitrogens is 2. The van der Waals surface area contributed by atoms with Crippen LogP contribution in [0, 0.1) is 5.82 Å². The molecule has 9 heteroatoms. The molecule has 0 saturated heterocycles. The molecule has 1 aliphatic rings. The minimum Gasteiger partial charge on any atom is -0.373 e. The summed E-state index contributed by atoms with van der Waals surface area (Å²) in [7, 11) is -2.05. The molecule has 0 spiro atoms. The van der Waals surface area contributed by atoms with Crippen molar-refractivity contribution < 1.29 is 12.8 Å². The largest absolute Gasteiger partial charge is 0.373 e. The molecule has 5 rings (SSSR count). The zero-order valence-electron chi connectivity index (χ0n) is 20.7. The van der Waals surface area contributed by atoms with Gasteiger partial charge in [0.25, 0.3) is 0 Å². The van der Waals surface area contributed by atoms with E-state index in [2.05, 4.69) is 25.7 Å². The van der Waals surface area contributed by atoms with Crippen LogP contribution < -0.4 is 4.72 Å². The van der Waals surface area contributed by atoms with Gasteiger partial charge in [0.2, 0.25) is 10.0 Å². The topological polar surface area (TPSA) is 78.1 Å². The summed E-state index contributed by atoms with van der Waals surface area (Å²) in [5, 5.41) is 0.0805.